The van der Waals surface area contributed by atoms with Crippen molar-refractivity contribution in [3.05, 3.63) is 16.7 Å². The zero-order chi connectivity index (χ0) is 11.0. The molecule has 0 saturated heterocycles. The Morgan fingerprint density at radius 1 is 1.33 bits per heavy atom. The fourth-order valence-electron chi connectivity index (χ4n) is 1.66. The van der Waals surface area contributed by atoms with Gasteiger partial charge < -0.3 is 14.2 Å². The second-order valence-electron chi connectivity index (χ2n) is 3.70. The molecule has 0 radical (unpaired) electrons. The van der Waals surface area contributed by atoms with Crippen molar-refractivity contribution in [2.45, 2.75) is 19.8 Å². The number of benzene rings is 1. The van der Waals surface area contributed by atoms with Crippen LogP contribution in [-0.4, -0.2) is 13.9 Å². The van der Waals surface area contributed by atoms with Crippen LogP contribution < -0.4 is 14.2 Å². The van der Waals surface area contributed by atoms with E-state index in [1.54, 1.807) is 7.11 Å². The van der Waals surface area contributed by atoms with Crippen LogP contribution in [0.15, 0.2) is 6.07 Å². The quantitative estimate of drug-likeness (QED) is 0.778. The van der Waals surface area contributed by atoms with Gasteiger partial charge in [-0.25, -0.2) is 0 Å². The lowest BCUT2D eigenvalue weighted by Gasteiger charge is -2.14. The maximum atomic E-state index is 6.09. The van der Waals surface area contributed by atoms with Gasteiger partial charge >= 0.3 is 0 Å². The largest absolute Gasteiger partial charge is 0.492 e. The van der Waals surface area contributed by atoms with E-state index in [1.165, 1.54) is 0 Å². The molecule has 0 fully saturated rings. The highest BCUT2D eigenvalue weighted by Crippen LogP contribution is 2.49. The molecule has 0 unspecified atom stereocenters. The first-order chi connectivity index (χ1) is 7.15. The first-order valence-corrected chi connectivity index (χ1v) is 5.19. The molecule has 0 saturated carbocycles. The Hall–Kier alpha value is -1.09. The molecule has 82 valence electrons. The highest BCUT2D eigenvalue weighted by Gasteiger charge is 2.26. The van der Waals surface area contributed by atoms with Gasteiger partial charge in [0.25, 0.3) is 0 Å². The second-order valence-corrected chi connectivity index (χ2v) is 4.11. The molecular formula is C11H13ClO3. The summed E-state index contributed by atoms with van der Waals surface area (Å²) in [5.41, 5.74) is 1.03. The van der Waals surface area contributed by atoms with E-state index in [1.807, 2.05) is 6.07 Å². The van der Waals surface area contributed by atoms with E-state index in [-0.39, 0.29) is 6.79 Å². The van der Waals surface area contributed by atoms with Gasteiger partial charge in [0.2, 0.25) is 12.5 Å². The number of halogens is 1. The lowest BCUT2D eigenvalue weighted by atomic mass is 10.0. The van der Waals surface area contributed by atoms with Gasteiger partial charge in [-0.2, -0.15) is 0 Å². The fraction of sp³-hybridized carbons (Fsp3) is 0.455. The van der Waals surface area contributed by atoms with Crippen molar-refractivity contribution >= 4 is 11.6 Å². The fourth-order valence-corrected chi connectivity index (χ4v) is 1.92. The number of hydrogen-bond acceptors (Lipinski definition) is 3. The van der Waals surface area contributed by atoms with Gasteiger partial charge in [-0.15, -0.1) is 0 Å². The van der Waals surface area contributed by atoms with Crippen molar-refractivity contribution in [1.82, 2.24) is 0 Å². The lowest BCUT2D eigenvalue weighted by molar-refractivity contribution is 0.171. The minimum Gasteiger partial charge on any atom is -0.492 e. The summed E-state index contributed by atoms with van der Waals surface area (Å²) in [6, 6.07) is 1.87. The van der Waals surface area contributed by atoms with Crippen molar-refractivity contribution in [3.8, 4) is 17.2 Å². The third-order valence-corrected chi connectivity index (χ3v) is 2.69. The molecule has 1 aliphatic rings. The lowest BCUT2D eigenvalue weighted by Crippen LogP contribution is -1.97. The molecule has 15 heavy (non-hydrogen) atoms. The molecule has 1 aromatic carbocycles. The molecule has 3 nitrogen and oxygen atoms in total. The summed E-state index contributed by atoms with van der Waals surface area (Å²) in [5, 5.41) is 0.576. The molecule has 1 aliphatic heterocycles. The Morgan fingerprint density at radius 2 is 2.00 bits per heavy atom. The molecule has 0 amide bonds. The van der Waals surface area contributed by atoms with Crippen molar-refractivity contribution in [1.29, 1.82) is 0 Å². The second kappa shape index (κ2) is 3.81. The van der Waals surface area contributed by atoms with Gasteiger partial charge in [0.1, 0.15) is 0 Å². The van der Waals surface area contributed by atoms with E-state index in [9.17, 15) is 0 Å². The molecule has 0 N–H and O–H groups in total. The van der Waals surface area contributed by atoms with Crippen molar-refractivity contribution in [2.24, 2.45) is 0 Å². The van der Waals surface area contributed by atoms with Crippen LogP contribution in [0.2, 0.25) is 5.02 Å². The van der Waals surface area contributed by atoms with Crippen LogP contribution in [0.1, 0.15) is 25.3 Å². The molecule has 1 heterocycles. The molecule has 2 rings (SSSR count). The van der Waals surface area contributed by atoms with Gasteiger partial charge in [-0.05, 0) is 12.0 Å². The average Bonchev–Trinajstić information content (AvgIpc) is 2.66. The first-order valence-electron chi connectivity index (χ1n) is 4.81. The number of ether oxygens (including phenoxy) is 3. The van der Waals surface area contributed by atoms with Gasteiger partial charge in [0, 0.05) is 5.56 Å². The molecule has 0 aromatic heterocycles. The zero-order valence-electron chi connectivity index (χ0n) is 8.96. The number of methoxy groups -OCH3 is 1. The summed E-state index contributed by atoms with van der Waals surface area (Å²) in [7, 11) is 1.62. The van der Waals surface area contributed by atoms with Gasteiger partial charge in [-0.1, -0.05) is 25.4 Å². The van der Waals surface area contributed by atoms with Crippen LogP contribution in [0.25, 0.3) is 0 Å². The Kier molecular flexibility index (Phi) is 2.65. The van der Waals surface area contributed by atoms with Crippen LogP contribution in [0, 0.1) is 0 Å². The third-order valence-electron chi connectivity index (χ3n) is 2.41. The van der Waals surface area contributed by atoms with E-state index in [0.717, 1.165) is 11.3 Å². The molecular weight excluding hydrogens is 216 g/mol. The molecule has 0 spiro atoms. The Balaban J connectivity index is 2.63. The van der Waals surface area contributed by atoms with Crippen LogP contribution in [0.3, 0.4) is 0 Å². The van der Waals surface area contributed by atoms with E-state index in [0.29, 0.717) is 22.4 Å². The Morgan fingerprint density at radius 3 is 2.60 bits per heavy atom. The van der Waals surface area contributed by atoms with Gasteiger partial charge in [-0.3, -0.25) is 0 Å². The summed E-state index contributed by atoms with van der Waals surface area (Å²) in [6.07, 6.45) is 0. The van der Waals surface area contributed by atoms with Crippen LogP contribution in [-0.2, 0) is 0 Å². The Bertz CT molecular complexity index is 388. The van der Waals surface area contributed by atoms with Crippen LogP contribution >= 0.6 is 11.6 Å². The summed E-state index contributed by atoms with van der Waals surface area (Å²) in [4.78, 5) is 0. The third kappa shape index (κ3) is 1.61. The topological polar surface area (TPSA) is 27.7 Å². The summed E-state index contributed by atoms with van der Waals surface area (Å²) >= 11 is 6.09. The minimum atomic E-state index is 0.201. The highest BCUT2D eigenvalue weighted by molar-refractivity contribution is 6.32. The number of hydrogen-bond donors (Lipinski definition) is 0. The summed E-state index contributed by atoms with van der Waals surface area (Å²) in [6.45, 7) is 4.36. The maximum absolute atomic E-state index is 6.09. The van der Waals surface area contributed by atoms with Crippen molar-refractivity contribution < 1.29 is 14.2 Å². The van der Waals surface area contributed by atoms with Crippen molar-refractivity contribution in [3.63, 3.8) is 0 Å². The van der Waals surface area contributed by atoms with E-state index >= 15 is 0 Å². The number of rotatable bonds is 2. The molecule has 0 atom stereocenters. The smallest absolute Gasteiger partial charge is 0.231 e. The SMILES string of the molecule is COc1c(C(C)C)cc(Cl)c2c1OCO2. The highest BCUT2D eigenvalue weighted by atomic mass is 35.5. The van der Waals surface area contributed by atoms with Crippen molar-refractivity contribution in [2.75, 3.05) is 13.9 Å². The van der Waals surface area contributed by atoms with Gasteiger partial charge in [0.05, 0.1) is 12.1 Å². The predicted molar refractivity (Wildman–Crippen MR) is 58.2 cm³/mol. The molecule has 4 heteroatoms. The maximum Gasteiger partial charge on any atom is 0.231 e. The van der Waals surface area contributed by atoms with E-state index in [2.05, 4.69) is 13.8 Å². The normalized spacial score (nSPS) is 13.4. The molecule has 0 aliphatic carbocycles. The zero-order valence-corrected chi connectivity index (χ0v) is 9.72. The first kappa shape index (κ1) is 10.4. The monoisotopic (exact) mass is 228 g/mol. The predicted octanol–water partition coefficient (Wildman–Crippen LogP) is 3.20. The minimum absolute atomic E-state index is 0.201. The summed E-state index contributed by atoms with van der Waals surface area (Å²) < 4.78 is 16.0. The van der Waals surface area contributed by atoms with Crippen LogP contribution in [0.4, 0.5) is 0 Å². The van der Waals surface area contributed by atoms with Crippen LogP contribution in [0.5, 0.6) is 17.2 Å². The number of fused-ring (bicyclic) bond motifs is 1. The summed E-state index contributed by atoms with van der Waals surface area (Å²) in [5.74, 6) is 2.25. The van der Waals surface area contributed by atoms with E-state index in [4.69, 9.17) is 25.8 Å². The molecule has 1 aromatic rings. The standard InChI is InChI=1S/C11H13ClO3/c1-6(2)7-4-8(12)10-11(9(7)13-3)15-5-14-10/h4,6H,5H2,1-3H3. The van der Waals surface area contributed by atoms with E-state index < -0.39 is 0 Å². The molecule has 0 bridgehead atoms. The van der Waals surface area contributed by atoms with Gasteiger partial charge in [0.15, 0.2) is 11.5 Å². The Labute approximate surface area is 93.9 Å². The average molecular weight is 229 g/mol.